The molecule has 1 saturated heterocycles. The lowest BCUT2D eigenvalue weighted by Gasteiger charge is -2.28. The van der Waals surface area contributed by atoms with Crippen LogP contribution in [0.25, 0.3) is 0 Å². The van der Waals surface area contributed by atoms with E-state index in [-0.39, 0.29) is 24.5 Å². The summed E-state index contributed by atoms with van der Waals surface area (Å²) >= 11 is 5.64. The van der Waals surface area contributed by atoms with E-state index in [9.17, 15) is 10.2 Å². The first kappa shape index (κ1) is 25.8. The second-order valence-corrected chi connectivity index (χ2v) is 9.44. The predicted octanol–water partition coefficient (Wildman–Crippen LogP) is 3.37. The number of rotatable bonds is 11. The maximum atomic E-state index is 10.3. The van der Waals surface area contributed by atoms with Crippen molar-refractivity contribution in [2.75, 3.05) is 51.9 Å². The SMILES string of the molecule is Cc1cc(C(C)(C)c2ccc(OC[C@@H](O)CN3CCOCC3)cc2)ccc1OC[C@H](O)CCl. The Morgan fingerprint density at radius 1 is 0.970 bits per heavy atom. The molecule has 0 spiro atoms. The van der Waals surface area contributed by atoms with Gasteiger partial charge >= 0.3 is 0 Å². The van der Waals surface area contributed by atoms with Crippen LogP contribution in [0.3, 0.4) is 0 Å². The molecule has 1 heterocycles. The van der Waals surface area contributed by atoms with Crippen LogP contribution in [0.15, 0.2) is 42.5 Å². The molecule has 3 rings (SSSR count). The van der Waals surface area contributed by atoms with E-state index in [1.807, 2.05) is 25.1 Å². The van der Waals surface area contributed by atoms with Gasteiger partial charge in [0.25, 0.3) is 0 Å². The van der Waals surface area contributed by atoms with Crippen molar-refractivity contribution in [2.24, 2.45) is 0 Å². The first-order valence-electron chi connectivity index (χ1n) is 11.5. The number of aliphatic hydroxyl groups excluding tert-OH is 2. The molecule has 1 aliphatic rings. The fourth-order valence-electron chi connectivity index (χ4n) is 3.89. The largest absolute Gasteiger partial charge is 0.491 e. The fourth-order valence-corrected chi connectivity index (χ4v) is 3.98. The molecule has 1 fully saturated rings. The van der Waals surface area contributed by atoms with Gasteiger partial charge in [0.05, 0.1) is 19.1 Å². The Morgan fingerprint density at radius 3 is 2.24 bits per heavy atom. The first-order valence-corrected chi connectivity index (χ1v) is 12.0. The predicted molar refractivity (Wildman–Crippen MR) is 131 cm³/mol. The monoisotopic (exact) mass is 477 g/mol. The van der Waals surface area contributed by atoms with Gasteiger partial charge < -0.3 is 24.4 Å². The highest BCUT2D eigenvalue weighted by Gasteiger charge is 2.24. The van der Waals surface area contributed by atoms with Gasteiger partial charge in [-0.2, -0.15) is 0 Å². The Labute approximate surface area is 202 Å². The fraction of sp³-hybridized carbons (Fsp3) is 0.538. The molecule has 2 atom stereocenters. The lowest BCUT2D eigenvalue weighted by molar-refractivity contribution is 0.00465. The standard InChI is InChI=1S/C26H36ClNO5/c1-19-14-21(6-9-25(19)33-17-22(29)15-27)26(2,3)20-4-7-24(8-5-20)32-18-23(30)16-28-10-12-31-13-11-28/h4-9,14,22-23,29-30H,10-13,15-18H2,1-3H3/t22-,23+/m1/s1. The number of nitrogens with zero attached hydrogens (tertiary/aromatic N) is 1. The number of ether oxygens (including phenoxy) is 3. The smallest absolute Gasteiger partial charge is 0.122 e. The van der Waals surface area contributed by atoms with Crippen molar-refractivity contribution in [1.29, 1.82) is 0 Å². The summed E-state index contributed by atoms with van der Waals surface area (Å²) in [5.41, 5.74) is 3.12. The number of morpholine rings is 1. The van der Waals surface area contributed by atoms with Gasteiger partial charge in [-0.1, -0.05) is 38.1 Å². The maximum Gasteiger partial charge on any atom is 0.122 e. The third-order valence-corrected chi connectivity index (χ3v) is 6.45. The van der Waals surface area contributed by atoms with Gasteiger partial charge in [-0.3, -0.25) is 4.90 Å². The number of aliphatic hydroxyl groups is 2. The lowest BCUT2D eigenvalue weighted by Crippen LogP contribution is -2.42. The first-order chi connectivity index (χ1) is 15.8. The number of benzene rings is 2. The molecular formula is C26H36ClNO5. The molecule has 6 nitrogen and oxygen atoms in total. The van der Waals surface area contributed by atoms with Crippen molar-refractivity contribution in [2.45, 2.75) is 38.4 Å². The van der Waals surface area contributed by atoms with Gasteiger partial charge in [0, 0.05) is 25.0 Å². The summed E-state index contributed by atoms with van der Waals surface area (Å²) in [5, 5.41) is 19.9. The van der Waals surface area contributed by atoms with Crippen LogP contribution in [0.1, 0.15) is 30.5 Å². The topological polar surface area (TPSA) is 71.4 Å². The quantitative estimate of drug-likeness (QED) is 0.483. The molecule has 0 radical (unpaired) electrons. The zero-order valence-corrected chi connectivity index (χ0v) is 20.6. The molecule has 0 unspecified atom stereocenters. The van der Waals surface area contributed by atoms with E-state index in [4.69, 9.17) is 25.8 Å². The summed E-state index contributed by atoms with van der Waals surface area (Å²) in [5.74, 6) is 1.64. The Balaban J connectivity index is 1.57. The summed E-state index contributed by atoms with van der Waals surface area (Å²) < 4.78 is 16.9. The number of alkyl halides is 1. The highest BCUT2D eigenvalue weighted by Crippen LogP contribution is 2.34. The minimum Gasteiger partial charge on any atom is -0.491 e. The number of halogens is 1. The minimum absolute atomic E-state index is 0.150. The molecule has 7 heteroatoms. The van der Waals surface area contributed by atoms with E-state index < -0.39 is 12.2 Å². The van der Waals surface area contributed by atoms with Crippen LogP contribution in [0.4, 0.5) is 0 Å². The van der Waals surface area contributed by atoms with E-state index in [0.29, 0.717) is 6.54 Å². The Morgan fingerprint density at radius 2 is 1.61 bits per heavy atom. The van der Waals surface area contributed by atoms with Gasteiger partial charge in [0.1, 0.15) is 36.9 Å². The highest BCUT2D eigenvalue weighted by molar-refractivity contribution is 6.18. The third-order valence-electron chi connectivity index (χ3n) is 6.10. The van der Waals surface area contributed by atoms with Crippen molar-refractivity contribution < 1.29 is 24.4 Å². The van der Waals surface area contributed by atoms with Crippen LogP contribution in [-0.4, -0.2) is 79.3 Å². The lowest BCUT2D eigenvalue weighted by atomic mass is 9.77. The summed E-state index contributed by atoms with van der Waals surface area (Å²) in [7, 11) is 0. The van der Waals surface area contributed by atoms with E-state index in [2.05, 4.69) is 43.0 Å². The minimum atomic E-state index is -0.677. The zero-order valence-electron chi connectivity index (χ0n) is 19.8. The molecule has 33 heavy (non-hydrogen) atoms. The van der Waals surface area contributed by atoms with Crippen LogP contribution in [-0.2, 0) is 10.2 Å². The second-order valence-electron chi connectivity index (χ2n) is 9.13. The van der Waals surface area contributed by atoms with E-state index >= 15 is 0 Å². The van der Waals surface area contributed by atoms with Crippen LogP contribution in [0.2, 0.25) is 0 Å². The molecular weight excluding hydrogens is 442 g/mol. The molecule has 2 N–H and O–H groups in total. The van der Waals surface area contributed by atoms with Crippen LogP contribution in [0.5, 0.6) is 11.5 Å². The third kappa shape index (κ3) is 7.33. The number of β-amino-alcohol motifs (C(OH)–C–C–N with tert-alkyl or cyclic N) is 1. The van der Waals surface area contributed by atoms with E-state index in [1.165, 1.54) is 5.56 Å². The van der Waals surface area contributed by atoms with Gasteiger partial charge in [0.15, 0.2) is 0 Å². The molecule has 182 valence electrons. The number of hydrogen-bond acceptors (Lipinski definition) is 6. The maximum absolute atomic E-state index is 10.3. The van der Waals surface area contributed by atoms with E-state index in [0.717, 1.165) is 48.9 Å². The number of hydrogen-bond donors (Lipinski definition) is 2. The molecule has 0 aromatic heterocycles. The van der Waals surface area contributed by atoms with Gasteiger partial charge in [-0.25, -0.2) is 0 Å². The van der Waals surface area contributed by atoms with Crippen molar-refractivity contribution in [3.8, 4) is 11.5 Å². The van der Waals surface area contributed by atoms with Crippen LogP contribution >= 0.6 is 11.6 Å². The summed E-state index contributed by atoms with van der Waals surface area (Å²) in [6, 6.07) is 14.2. The van der Waals surface area contributed by atoms with Crippen molar-refractivity contribution in [3.63, 3.8) is 0 Å². The summed E-state index contributed by atoms with van der Waals surface area (Å²) in [6.45, 7) is 10.5. The van der Waals surface area contributed by atoms with Gasteiger partial charge in [-0.05, 0) is 41.8 Å². The molecule has 0 amide bonds. The van der Waals surface area contributed by atoms with Crippen molar-refractivity contribution in [1.82, 2.24) is 4.90 Å². The average Bonchev–Trinajstić information content (AvgIpc) is 2.82. The summed E-state index contributed by atoms with van der Waals surface area (Å²) in [4.78, 5) is 2.20. The molecule has 1 aliphatic heterocycles. The Bertz CT molecular complexity index is 867. The molecule has 0 aliphatic carbocycles. The Kier molecular flexibility index (Phi) is 9.41. The van der Waals surface area contributed by atoms with Gasteiger partial charge in [0.2, 0.25) is 0 Å². The molecule has 0 bridgehead atoms. The van der Waals surface area contributed by atoms with Gasteiger partial charge in [-0.15, -0.1) is 11.6 Å². The normalized spacial score (nSPS) is 16.9. The highest BCUT2D eigenvalue weighted by atomic mass is 35.5. The molecule has 2 aromatic rings. The Hall–Kier alpha value is -1.83. The van der Waals surface area contributed by atoms with Crippen molar-refractivity contribution in [3.05, 3.63) is 59.2 Å². The summed E-state index contributed by atoms with van der Waals surface area (Å²) in [6.07, 6.45) is -1.21. The zero-order chi connectivity index (χ0) is 23.8. The number of aryl methyl sites for hydroxylation is 1. The molecule has 2 aromatic carbocycles. The van der Waals surface area contributed by atoms with Crippen LogP contribution in [0, 0.1) is 6.92 Å². The second kappa shape index (κ2) is 12.0. The van der Waals surface area contributed by atoms with E-state index in [1.54, 1.807) is 0 Å². The van der Waals surface area contributed by atoms with Crippen LogP contribution < -0.4 is 9.47 Å². The average molecular weight is 478 g/mol. The molecule has 0 saturated carbocycles. The van der Waals surface area contributed by atoms with Crippen molar-refractivity contribution >= 4 is 11.6 Å².